The van der Waals surface area contributed by atoms with E-state index in [-0.39, 0.29) is 86.1 Å². The Labute approximate surface area is 885 Å². The number of hydrogen-bond acceptors (Lipinski definition) is 23. The number of ether oxygens (including phenoxy) is 5. The molecule has 148 heavy (non-hydrogen) atoms. The fraction of sp³-hybridized carbons (Fsp3) is 0.302. The van der Waals surface area contributed by atoms with Gasteiger partial charge in [0, 0.05) is 159 Å². The zero-order valence-electron chi connectivity index (χ0n) is 80.2. The zero-order chi connectivity index (χ0) is 104. The van der Waals surface area contributed by atoms with Crippen LogP contribution in [0.25, 0.3) is 31.6 Å². The molecule has 10 aliphatic rings. The third-order valence-electron chi connectivity index (χ3n) is 28.2. The summed E-state index contributed by atoms with van der Waals surface area (Å²) in [5.74, 6) is -0.108. The van der Waals surface area contributed by atoms with Crippen molar-refractivity contribution in [2.24, 2.45) is 0 Å². The van der Waals surface area contributed by atoms with Crippen molar-refractivity contribution in [3.63, 3.8) is 0 Å². The molecule has 0 spiro atoms. The fourth-order valence-electron chi connectivity index (χ4n) is 20.5. The number of anilines is 5. The molecular formula is C106H102Cl4N10O21S7. The maximum absolute atomic E-state index is 13.4. The van der Waals surface area contributed by atoms with Crippen LogP contribution in [0.4, 0.5) is 52.4 Å². The van der Waals surface area contributed by atoms with Crippen molar-refractivity contribution >= 4 is 216 Å². The summed E-state index contributed by atoms with van der Waals surface area (Å²) >= 11 is 26.8. The first-order valence-corrected chi connectivity index (χ1v) is 58.6. The van der Waals surface area contributed by atoms with E-state index in [9.17, 15) is 70.9 Å². The lowest BCUT2D eigenvalue weighted by molar-refractivity contribution is 0.101. The SMILES string of the molecule is CC(=O)c1ccc(S(=O)(=O)N2CCC(N3C(=O)OCc4ccccc43)CC2)cc1.Cc1c(S(=O)(=O)N2CCC(N3C(=O)OCc4cc(Cl)ccc43)CC2)sc2ccc(Cl)cc12.O=C1OCc2cc(Cl)ccc2N1C1CCN(S(=O)(=O)c2ccc3ccccc3c2)CC1.O=C1OCc2cc(Cl)ccc2N1C1CCN(S(=O)(=O)c2cccc3ccccc23)CC1.O=C1OCc2ccccc2N1C1CCN(S(=O)(=O)c2cccs2)CC1. The Morgan fingerprint density at radius 3 is 1.08 bits per heavy atom. The highest BCUT2D eigenvalue weighted by Crippen LogP contribution is 2.45. The smallest absolute Gasteiger partial charge is 0.414 e. The third-order valence-corrected chi connectivity index (χ3v) is 42.0. The number of benzene rings is 11. The van der Waals surface area contributed by atoms with Crippen LogP contribution in [0.15, 0.2) is 271 Å². The molecule has 5 fully saturated rings. The number of para-hydroxylation sites is 2. The van der Waals surface area contributed by atoms with Crippen LogP contribution in [0.1, 0.15) is 115 Å². The molecule has 2 aromatic heterocycles. The van der Waals surface area contributed by atoms with E-state index in [4.69, 9.17) is 70.1 Å². The number of amides is 5. The van der Waals surface area contributed by atoms with Crippen molar-refractivity contribution in [2.45, 2.75) is 164 Å². The molecule has 11 aromatic carbocycles. The summed E-state index contributed by atoms with van der Waals surface area (Å²) < 4.78 is 167. The van der Waals surface area contributed by atoms with Gasteiger partial charge in [-0.25, -0.2) is 66.1 Å². The summed E-state index contributed by atoms with van der Waals surface area (Å²) in [5.41, 5.74) is 9.77. The Kier molecular flexibility index (Phi) is 31.2. The average molecular weight is 2220 g/mol. The number of carbonyl (C=O) groups is 6. The van der Waals surface area contributed by atoms with Gasteiger partial charge in [0.15, 0.2) is 5.78 Å². The summed E-state index contributed by atoms with van der Waals surface area (Å²) in [6, 6.07) is 71.4. The zero-order valence-corrected chi connectivity index (χ0v) is 88.9. The monoisotopic (exact) mass is 2210 g/mol. The van der Waals surface area contributed by atoms with Gasteiger partial charge in [-0.1, -0.05) is 168 Å². The topological polar surface area (TPSA) is 352 Å². The van der Waals surface area contributed by atoms with E-state index < -0.39 is 68.4 Å². The Balaban J connectivity index is 0.000000117. The van der Waals surface area contributed by atoms with Crippen LogP contribution >= 0.6 is 69.1 Å². The van der Waals surface area contributed by atoms with Crippen molar-refractivity contribution in [3.05, 3.63) is 307 Å². The molecule has 12 heterocycles. The largest absolute Gasteiger partial charge is 0.444 e. The van der Waals surface area contributed by atoms with Gasteiger partial charge in [-0.05, 0) is 232 Å². The van der Waals surface area contributed by atoms with Gasteiger partial charge >= 0.3 is 30.5 Å². The van der Waals surface area contributed by atoms with Crippen LogP contribution in [-0.2, 0) is 107 Å². The number of cyclic esters (lactones) is 5. The lowest BCUT2D eigenvalue weighted by Gasteiger charge is -2.39. The fourth-order valence-corrected chi connectivity index (χ4v) is 31.9. The first kappa shape index (κ1) is 105. The molecule has 0 bridgehead atoms. The maximum atomic E-state index is 13.4. The van der Waals surface area contributed by atoms with E-state index in [0.717, 1.165) is 93.4 Å². The highest BCUT2D eigenvalue weighted by molar-refractivity contribution is 7.92. The second-order valence-electron chi connectivity index (χ2n) is 37.0. The number of carbonyl (C=O) groups excluding carboxylic acids is 6. The van der Waals surface area contributed by atoms with E-state index in [1.807, 2.05) is 140 Å². The van der Waals surface area contributed by atoms with E-state index in [1.54, 1.807) is 115 Å². The van der Waals surface area contributed by atoms with E-state index in [0.29, 0.717) is 174 Å². The molecule has 31 nitrogen and oxygen atoms in total. The summed E-state index contributed by atoms with van der Waals surface area (Å²) in [6.45, 7) is 7.82. The molecule has 5 saturated heterocycles. The van der Waals surface area contributed by atoms with Gasteiger partial charge in [0.2, 0.25) is 30.1 Å². The minimum absolute atomic E-state index is 0.0521. The number of rotatable bonds is 16. The molecule has 0 unspecified atom stereocenters. The Morgan fingerprint density at radius 1 is 0.311 bits per heavy atom. The van der Waals surface area contributed by atoms with Crippen molar-refractivity contribution in [1.29, 1.82) is 0 Å². The first-order valence-electron chi connectivity index (χ1n) is 48.2. The van der Waals surface area contributed by atoms with Gasteiger partial charge in [0.1, 0.15) is 41.5 Å². The molecular weight excluding hydrogens is 2120 g/mol. The normalized spacial score (nSPS) is 18.4. The van der Waals surface area contributed by atoms with Crippen molar-refractivity contribution in [3.8, 4) is 0 Å². The number of fused-ring (bicyclic) bond motifs is 8. The number of piperidine rings is 5. The van der Waals surface area contributed by atoms with Crippen LogP contribution in [0, 0.1) is 6.92 Å². The molecule has 0 atom stereocenters. The number of nitrogens with zero attached hydrogens (tertiary/aromatic N) is 10. The molecule has 10 aliphatic heterocycles. The van der Waals surface area contributed by atoms with Gasteiger partial charge in [-0.2, -0.15) is 21.5 Å². The quantitative estimate of drug-likeness (QED) is 0.0640. The second-order valence-corrected chi connectivity index (χ2v) is 50.9. The van der Waals surface area contributed by atoms with Crippen LogP contribution in [-0.4, -0.2) is 196 Å². The number of thiophene rings is 2. The van der Waals surface area contributed by atoms with Crippen molar-refractivity contribution in [1.82, 2.24) is 21.5 Å². The number of halogens is 4. The molecule has 0 aliphatic carbocycles. The molecule has 42 heteroatoms. The second kappa shape index (κ2) is 44.1. The van der Waals surface area contributed by atoms with Crippen molar-refractivity contribution < 1.29 is 94.5 Å². The Hall–Kier alpha value is -11.7. The van der Waals surface area contributed by atoms with Crippen LogP contribution < -0.4 is 24.5 Å². The summed E-state index contributed by atoms with van der Waals surface area (Å²) in [6.07, 6.45) is 3.45. The first-order chi connectivity index (χ1) is 71.1. The van der Waals surface area contributed by atoms with E-state index in [1.165, 1.54) is 75.4 Å². The number of sulfonamides is 5. The lowest BCUT2D eigenvalue weighted by atomic mass is 10.0. The van der Waals surface area contributed by atoms with Crippen LogP contribution in [0.2, 0.25) is 20.1 Å². The van der Waals surface area contributed by atoms with E-state index >= 15 is 0 Å². The molecule has 5 amide bonds. The van der Waals surface area contributed by atoms with Crippen LogP contribution in [0.3, 0.4) is 0 Å². The lowest BCUT2D eigenvalue weighted by Crippen LogP contribution is -2.50. The maximum Gasteiger partial charge on any atom is 0.414 e. The highest BCUT2D eigenvalue weighted by Gasteiger charge is 2.45. The number of hydrogen-bond donors (Lipinski definition) is 0. The summed E-state index contributed by atoms with van der Waals surface area (Å²) in [5, 5.41) is 8.48. The number of Topliss-reactive ketones (excluding diaryl/α,β-unsaturated/α-hetero) is 1. The van der Waals surface area contributed by atoms with Gasteiger partial charge < -0.3 is 23.7 Å². The van der Waals surface area contributed by atoms with Gasteiger partial charge in [-0.3, -0.25) is 29.3 Å². The van der Waals surface area contributed by atoms with Crippen LogP contribution in [0.5, 0.6) is 0 Å². The van der Waals surface area contributed by atoms with Gasteiger partial charge in [-0.15, -0.1) is 22.7 Å². The molecule has 13 aromatic rings. The predicted molar refractivity (Wildman–Crippen MR) is 570 cm³/mol. The average Bonchev–Trinajstić information content (AvgIpc) is 1.51. The standard InChI is InChI=1S/2C23H21ClN2O4S.C22H20Cl2N2O4S2.C21H22N2O5S.C17H18N2O4S2/c24-18-8-9-21-17(14-18)15-30-23(27)26(21)19-10-12-25(13-11-19)31(28,29)22-7-3-5-16-4-1-2-6-20(16)22;24-19-6-8-22-18(13-19)15-30-23(27)26(22)20-9-11-25(12-10-20)31(28,29)21-7-5-16-3-1-2-4-17(16)14-21;1-13-18-11-16(24)3-5-20(18)31-21(13)32(28,29)25-8-6-17(7-9-25)26-19-4-2-15(23)10-14(19)12-30-22(26)27;1-15(24)16-6-8-19(9-7-16)29(26,27)22-12-10-18(11-13-22)23-20-5-3-2-4-17(20)14-28-21(23)25;20-17-19(15-5-2-1-4-13(15)12-23-17)14-7-9-18(10-8-14)25(21,22)16-6-3-11-24-16/h1-9,14,19H,10-13,15H2;1-8,13-14,20H,9-12,15H2;2-5,10-11,17H,6-9,12H2,1H3;2-9,18H,10-14H2,1H3;1-6,11,14H,7-10,12H2. The number of aryl methyl sites for hydroxylation is 1. The molecule has 0 saturated carbocycles. The predicted octanol–water partition coefficient (Wildman–Crippen LogP) is 21.7. The minimum Gasteiger partial charge on any atom is -0.444 e. The molecule has 23 rings (SSSR count). The Morgan fingerprint density at radius 2 is 0.655 bits per heavy atom. The minimum atomic E-state index is -3.65. The van der Waals surface area contributed by atoms with E-state index in [2.05, 4.69) is 0 Å². The summed E-state index contributed by atoms with van der Waals surface area (Å²) in [4.78, 5) is 82.7. The molecule has 0 radical (unpaired) electrons. The third kappa shape index (κ3) is 21.8. The molecule has 0 N–H and O–H groups in total. The van der Waals surface area contributed by atoms with Crippen molar-refractivity contribution in [2.75, 3.05) is 89.9 Å². The molecule has 772 valence electrons. The summed E-state index contributed by atoms with van der Waals surface area (Å²) in [7, 11) is -18.0. The Bertz CT molecular complexity index is 7910. The van der Waals surface area contributed by atoms with Gasteiger partial charge in [0.25, 0.3) is 20.0 Å². The number of ketones is 1. The van der Waals surface area contributed by atoms with Gasteiger partial charge in [0.05, 0.1) is 43.1 Å². The highest BCUT2D eigenvalue weighted by atomic mass is 35.5.